The number of imidazole rings is 1. The van der Waals surface area contributed by atoms with Gasteiger partial charge in [-0.1, -0.05) is 0 Å². The van der Waals surface area contributed by atoms with Gasteiger partial charge >= 0.3 is 5.69 Å². The molecule has 1 saturated heterocycles. The summed E-state index contributed by atoms with van der Waals surface area (Å²) in [5.74, 6) is 1.41. The molecule has 0 aliphatic carbocycles. The SMILES string of the molecule is COc1ccc(N2CCN(c3nc4c(c(=O)[nH]c(=O)n4C)n3C[C@H](C)O)CC2)cc1. The van der Waals surface area contributed by atoms with Crippen molar-refractivity contribution in [2.75, 3.05) is 43.1 Å². The Bertz CT molecular complexity index is 1150. The predicted octanol–water partition coefficient (Wildman–Crippen LogP) is 0.139. The van der Waals surface area contributed by atoms with Crippen LogP contribution in [0.3, 0.4) is 0 Å². The second-order valence-corrected chi connectivity index (χ2v) is 7.53. The maximum absolute atomic E-state index is 12.5. The third-order valence-corrected chi connectivity index (χ3v) is 5.43. The Morgan fingerprint density at radius 1 is 1.13 bits per heavy atom. The molecule has 4 rings (SSSR count). The van der Waals surface area contributed by atoms with Gasteiger partial charge in [-0.05, 0) is 31.2 Å². The van der Waals surface area contributed by atoms with Gasteiger partial charge < -0.3 is 24.2 Å². The van der Waals surface area contributed by atoms with Crippen molar-refractivity contribution < 1.29 is 9.84 Å². The molecule has 10 nitrogen and oxygen atoms in total. The molecule has 0 bridgehead atoms. The van der Waals surface area contributed by atoms with Crippen LogP contribution in [0.5, 0.6) is 5.75 Å². The van der Waals surface area contributed by atoms with E-state index in [1.807, 2.05) is 24.3 Å². The van der Waals surface area contributed by atoms with E-state index in [1.165, 1.54) is 4.57 Å². The number of H-pyrrole nitrogens is 1. The molecule has 30 heavy (non-hydrogen) atoms. The fraction of sp³-hybridized carbons (Fsp3) is 0.450. The van der Waals surface area contributed by atoms with Crippen molar-refractivity contribution in [1.29, 1.82) is 0 Å². The Kier molecular flexibility index (Phi) is 5.25. The van der Waals surface area contributed by atoms with Gasteiger partial charge in [0.05, 0.1) is 19.8 Å². The average molecular weight is 414 g/mol. The molecule has 0 saturated carbocycles. The van der Waals surface area contributed by atoms with Crippen molar-refractivity contribution in [2.24, 2.45) is 7.05 Å². The second-order valence-electron chi connectivity index (χ2n) is 7.53. The summed E-state index contributed by atoms with van der Waals surface area (Å²) in [5, 5.41) is 9.99. The van der Waals surface area contributed by atoms with Crippen LogP contribution in [0.1, 0.15) is 6.92 Å². The largest absolute Gasteiger partial charge is 0.497 e. The number of nitrogens with one attached hydrogen (secondary N) is 1. The van der Waals surface area contributed by atoms with Crippen LogP contribution >= 0.6 is 0 Å². The molecule has 3 heterocycles. The first kappa shape index (κ1) is 20.0. The Labute approximate surface area is 172 Å². The number of nitrogens with zero attached hydrogens (tertiary/aromatic N) is 5. The number of hydrogen-bond donors (Lipinski definition) is 2. The fourth-order valence-corrected chi connectivity index (χ4v) is 3.86. The molecule has 1 aromatic carbocycles. The second kappa shape index (κ2) is 7.86. The van der Waals surface area contributed by atoms with Crippen LogP contribution in [0, 0.1) is 0 Å². The highest BCUT2D eigenvalue weighted by atomic mass is 16.5. The molecule has 3 aromatic rings. The Balaban J connectivity index is 1.65. The molecular formula is C20H26N6O4. The molecule has 160 valence electrons. The quantitative estimate of drug-likeness (QED) is 0.611. The number of aromatic nitrogens is 4. The van der Waals surface area contributed by atoms with E-state index in [2.05, 4.69) is 19.8 Å². The molecule has 1 atom stereocenters. The van der Waals surface area contributed by atoms with Crippen LogP contribution in [-0.4, -0.2) is 63.6 Å². The summed E-state index contributed by atoms with van der Waals surface area (Å²) in [4.78, 5) is 35.8. The van der Waals surface area contributed by atoms with E-state index < -0.39 is 17.4 Å². The van der Waals surface area contributed by atoms with Gasteiger partial charge in [0.2, 0.25) is 5.95 Å². The van der Waals surface area contributed by atoms with E-state index in [4.69, 9.17) is 4.74 Å². The highest BCUT2D eigenvalue weighted by Crippen LogP contribution is 2.24. The molecule has 1 fully saturated rings. The number of rotatable bonds is 5. The van der Waals surface area contributed by atoms with Gasteiger partial charge in [-0.3, -0.25) is 14.3 Å². The molecule has 0 radical (unpaired) electrons. The molecule has 0 unspecified atom stereocenters. The smallest absolute Gasteiger partial charge is 0.329 e. The normalized spacial score (nSPS) is 15.6. The first-order valence-electron chi connectivity index (χ1n) is 9.90. The zero-order valence-corrected chi connectivity index (χ0v) is 17.3. The van der Waals surface area contributed by atoms with Crippen molar-refractivity contribution in [3.05, 3.63) is 45.1 Å². The van der Waals surface area contributed by atoms with Crippen LogP contribution in [0.4, 0.5) is 11.6 Å². The Morgan fingerprint density at radius 3 is 2.37 bits per heavy atom. The maximum Gasteiger partial charge on any atom is 0.329 e. The van der Waals surface area contributed by atoms with E-state index in [-0.39, 0.29) is 6.54 Å². The lowest BCUT2D eigenvalue weighted by atomic mass is 10.2. The molecular weight excluding hydrogens is 388 g/mol. The Morgan fingerprint density at radius 2 is 1.77 bits per heavy atom. The number of ether oxygens (including phenoxy) is 1. The van der Waals surface area contributed by atoms with Gasteiger partial charge in [-0.2, -0.15) is 4.98 Å². The summed E-state index contributed by atoms with van der Waals surface area (Å²) in [6.07, 6.45) is -0.668. The van der Waals surface area contributed by atoms with E-state index in [9.17, 15) is 14.7 Å². The minimum absolute atomic E-state index is 0.214. The predicted molar refractivity (Wildman–Crippen MR) is 115 cm³/mol. The maximum atomic E-state index is 12.5. The first-order chi connectivity index (χ1) is 14.4. The molecule has 2 aromatic heterocycles. The lowest BCUT2D eigenvalue weighted by Gasteiger charge is -2.36. The number of aryl methyl sites for hydroxylation is 1. The molecule has 10 heteroatoms. The average Bonchev–Trinajstić information content (AvgIpc) is 3.11. The van der Waals surface area contributed by atoms with Crippen LogP contribution in [0.15, 0.2) is 33.9 Å². The van der Waals surface area contributed by atoms with Crippen LogP contribution < -0.4 is 25.8 Å². The van der Waals surface area contributed by atoms with E-state index in [1.54, 1.807) is 25.6 Å². The van der Waals surface area contributed by atoms with E-state index in [0.29, 0.717) is 30.2 Å². The third-order valence-electron chi connectivity index (χ3n) is 5.43. The van der Waals surface area contributed by atoms with Crippen LogP contribution in [0.25, 0.3) is 11.2 Å². The number of aliphatic hydroxyl groups excluding tert-OH is 1. The fourth-order valence-electron chi connectivity index (χ4n) is 3.86. The zero-order valence-electron chi connectivity index (χ0n) is 17.3. The number of aromatic amines is 1. The van der Waals surface area contributed by atoms with Crippen molar-refractivity contribution in [3.63, 3.8) is 0 Å². The van der Waals surface area contributed by atoms with Crippen molar-refractivity contribution in [1.82, 2.24) is 19.1 Å². The highest BCUT2D eigenvalue weighted by molar-refractivity contribution is 5.74. The highest BCUT2D eigenvalue weighted by Gasteiger charge is 2.25. The molecule has 0 spiro atoms. The van der Waals surface area contributed by atoms with Gasteiger partial charge in [-0.15, -0.1) is 0 Å². The third kappa shape index (κ3) is 3.54. The summed E-state index contributed by atoms with van der Waals surface area (Å²) in [6.45, 7) is 4.82. The van der Waals surface area contributed by atoms with Gasteiger partial charge in [0.15, 0.2) is 11.2 Å². The van der Waals surface area contributed by atoms with Crippen LogP contribution in [-0.2, 0) is 13.6 Å². The molecule has 2 N–H and O–H groups in total. The van der Waals surface area contributed by atoms with Crippen molar-refractivity contribution >= 4 is 22.8 Å². The first-order valence-corrected chi connectivity index (χ1v) is 9.90. The number of piperazine rings is 1. The summed E-state index contributed by atoms with van der Waals surface area (Å²) >= 11 is 0. The molecule has 1 aliphatic heterocycles. The number of aliphatic hydroxyl groups is 1. The number of anilines is 2. The zero-order chi connectivity index (χ0) is 21.4. The molecule has 1 aliphatic rings. The number of benzene rings is 1. The minimum Gasteiger partial charge on any atom is -0.497 e. The summed E-state index contributed by atoms with van der Waals surface area (Å²) < 4.78 is 8.26. The van der Waals surface area contributed by atoms with Gasteiger partial charge in [0, 0.05) is 38.9 Å². The summed E-state index contributed by atoms with van der Waals surface area (Å²) in [6, 6.07) is 7.95. The standard InChI is InChI=1S/C20H26N6O4/c1-13(27)12-26-16-17(23(2)20(29)22-18(16)28)21-19(26)25-10-8-24(9-11-25)14-4-6-15(30-3)7-5-14/h4-7,13,27H,8-12H2,1-3H3,(H,22,28,29)/t13-/m0/s1. The monoisotopic (exact) mass is 414 g/mol. The summed E-state index contributed by atoms with van der Waals surface area (Å²) in [7, 11) is 3.22. The number of methoxy groups -OCH3 is 1. The lowest BCUT2D eigenvalue weighted by molar-refractivity contribution is 0.175. The molecule has 0 amide bonds. The Hall–Kier alpha value is -3.27. The van der Waals surface area contributed by atoms with Crippen LogP contribution in [0.2, 0.25) is 0 Å². The van der Waals surface area contributed by atoms with Gasteiger partial charge in [-0.25, -0.2) is 4.79 Å². The minimum atomic E-state index is -0.668. The van der Waals surface area contributed by atoms with E-state index in [0.717, 1.165) is 24.5 Å². The summed E-state index contributed by atoms with van der Waals surface area (Å²) in [5.41, 5.74) is 0.726. The van der Waals surface area contributed by atoms with Crippen molar-refractivity contribution in [2.45, 2.75) is 19.6 Å². The number of fused-ring (bicyclic) bond motifs is 1. The topological polar surface area (TPSA) is 109 Å². The van der Waals surface area contributed by atoms with E-state index >= 15 is 0 Å². The van der Waals surface area contributed by atoms with Gasteiger partial charge in [0.1, 0.15) is 5.75 Å². The van der Waals surface area contributed by atoms with Gasteiger partial charge in [0.25, 0.3) is 5.56 Å². The lowest BCUT2D eigenvalue weighted by Crippen LogP contribution is -2.47. The number of hydrogen-bond acceptors (Lipinski definition) is 7. The van der Waals surface area contributed by atoms with Crippen molar-refractivity contribution in [3.8, 4) is 5.75 Å².